The maximum atomic E-state index is 12.0. The molecule has 0 aliphatic carbocycles. The van der Waals surface area contributed by atoms with E-state index in [0.29, 0.717) is 11.7 Å². The molecule has 3 aromatic rings. The molecular formula is C21H21ClN2OS2. The van der Waals surface area contributed by atoms with Crippen molar-refractivity contribution >= 4 is 40.2 Å². The van der Waals surface area contributed by atoms with Gasteiger partial charge >= 0.3 is 0 Å². The van der Waals surface area contributed by atoms with Crippen LogP contribution in [0.4, 0.5) is 0 Å². The summed E-state index contributed by atoms with van der Waals surface area (Å²) in [5.74, 6) is 0.803. The summed E-state index contributed by atoms with van der Waals surface area (Å²) in [6, 6.07) is 18.3. The number of hydrogen-bond acceptors (Lipinski definition) is 3. The fourth-order valence-corrected chi connectivity index (χ4v) is 4.55. The standard InChI is InChI=1S/C21H21ClN2OS2/c1-15-9-7-8-12-17(15)14-24-18(13-19(26-2)27(3)25)20(22)23-21(24)16-10-5-4-6-11-16/h4-13H,14H2,1-3H3. The van der Waals surface area contributed by atoms with E-state index in [1.54, 1.807) is 6.26 Å². The fourth-order valence-electron chi connectivity index (χ4n) is 2.87. The number of imidazole rings is 1. The first-order chi connectivity index (χ1) is 13.0. The SMILES string of the molecule is CSC(=Cc1c(Cl)nc(-c2ccccc2)n1Cc1ccccc1C)S(C)=O. The molecule has 0 aliphatic rings. The summed E-state index contributed by atoms with van der Waals surface area (Å²) in [5.41, 5.74) is 4.18. The third-order valence-electron chi connectivity index (χ3n) is 4.32. The van der Waals surface area contributed by atoms with E-state index in [1.807, 2.05) is 54.8 Å². The zero-order valence-electron chi connectivity index (χ0n) is 15.5. The largest absolute Gasteiger partial charge is 0.319 e. The van der Waals surface area contributed by atoms with Crippen LogP contribution in [0.5, 0.6) is 0 Å². The van der Waals surface area contributed by atoms with Crippen LogP contribution in [-0.2, 0) is 17.3 Å². The van der Waals surface area contributed by atoms with E-state index < -0.39 is 10.8 Å². The van der Waals surface area contributed by atoms with Crippen molar-refractivity contribution in [2.75, 3.05) is 12.5 Å². The number of nitrogens with zero attached hydrogens (tertiary/aromatic N) is 2. The van der Waals surface area contributed by atoms with Crippen molar-refractivity contribution in [3.63, 3.8) is 0 Å². The van der Waals surface area contributed by atoms with Crippen LogP contribution in [-0.4, -0.2) is 26.3 Å². The molecule has 2 aromatic carbocycles. The number of hydrogen-bond donors (Lipinski definition) is 0. The second-order valence-electron chi connectivity index (χ2n) is 6.11. The highest BCUT2D eigenvalue weighted by Crippen LogP contribution is 2.30. The van der Waals surface area contributed by atoms with Gasteiger partial charge in [-0.05, 0) is 30.4 Å². The lowest BCUT2D eigenvalue weighted by molar-refractivity contribution is 0.691. The molecule has 140 valence electrons. The summed E-state index contributed by atoms with van der Waals surface area (Å²) in [5, 5.41) is 0.416. The second kappa shape index (κ2) is 8.91. The van der Waals surface area contributed by atoms with Gasteiger partial charge < -0.3 is 4.57 Å². The second-order valence-corrected chi connectivity index (χ2v) is 8.92. The summed E-state index contributed by atoms with van der Waals surface area (Å²) in [6.07, 6.45) is 5.48. The van der Waals surface area contributed by atoms with E-state index in [4.69, 9.17) is 11.6 Å². The van der Waals surface area contributed by atoms with Crippen molar-refractivity contribution in [2.45, 2.75) is 13.5 Å². The molecule has 0 saturated heterocycles. The van der Waals surface area contributed by atoms with E-state index in [2.05, 4.69) is 28.6 Å². The van der Waals surface area contributed by atoms with Gasteiger partial charge in [-0.25, -0.2) is 4.98 Å². The van der Waals surface area contributed by atoms with E-state index in [0.717, 1.165) is 21.3 Å². The molecule has 0 amide bonds. The lowest BCUT2D eigenvalue weighted by Crippen LogP contribution is -2.06. The van der Waals surface area contributed by atoms with E-state index in [1.165, 1.54) is 22.9 Å². The highest BCUT2D eigenvalue weighted by molar-refractivity contribution is 8.16. The summed E-state index contributed by atoms with van der Waals surface area (Å²) in [7, 11) is -1.08. The number of rotatable bonds is 6. The Kier molecular flexibility index (Phi) is 6.58. The maximum Gasteiger partial charge on any atom is 0.155 e. The Morgan fingerprint density at radius 1 is 1.19 bits per heavy atom. The fraction of sp³-hybridized carbons (Fsp3) is 0.190. The minimum absolute atomic E-state index is 0.416. The van der Waals surface area contributed by atoms with Gasteiger partial charge in [0.15, 0.2) is 5.15 Å². The minimum Gasteiger partial charge on any atom is -0.319 e. The average molecular weight is 417 g/mol. The van der Waals surface area contributed by atoms with Crippen molar-refractivity contribution in [2.24, 2.45) is 0 Å². The average Bonchev–Trinajstić information content (AvgIpc) is 2.97. The van der Waals surface area contributed by atoms with Crippen molar-refractivity contribution in [3.8, 4) is 11.4 Å². The van der Waals surface area contributed by atoms with Crippen LogP contribution < -0.4 is 0 Å². The summed E-state index contributed by atoms with van der Waals surface area (Å²) in [6.45, 7) is 2.74. The summed E-state index contributed by atoms with van der Waals surface area (Å²) >= 11 is 7.99. The van der Waals surface area contributed by atoms with E-state index in [9.17, 15) is 4.21 Å². The molecule has 0 aliphatic heterocycles. The molecule has 1 unspecified atom stereocenters. The van der Waals surface area contributed by atoms with Crippen LogP contribution in [0.1, 0.15) is 16.8 Å². The van der Waals surface area contributed by atoms with Gasteiger partial charge in [0.2, 0.25) is 0 Å². The van der Waals surface area contributed by atoms with Gasteiger partial charge in [0.1, 0.15) is 5.82 Å². The summed E-state index contributed by atoms with van der Waals surface area (Å²) in [4.78, 5) is 4.63. The number of halogens is 1. The van der Waals surface area contributed by atoms with Crippen molar-refractivity contribution < 1.29 is 4.21 Å². The number of aryl methyl sites for hydroxylation is 1. The highest BCUT2D eigenvalue weighted by atomic mass is 35.5. The molecule has 1 heterocycles. The van der Waals surface area contributed by atoms with Crippen LogP contribution in [0, 0.1) is 6.92 Å². The molecule has 1 atom stereocenters. The van der Waals surface area contributed by atoms with Crippen LogP contribution in [0.15, 0.2) is 58.8 Å². The Labute approximate surface area is 171 Å². The third-order valence-corrected chi connectivity index (χ3v) is 7.01. The van der Waals surface area contributed by atoms with Crippen LogP contribution in [0.3, 0.4) is 0 Å². The third kappa shape index (κ3) is 4.54. The predicted molar refractivity (Wildman–Crippen MR) is 119 cm³/mol. The molecule has 27 heavy (non-hydrogen) atoms. The molecule has 0 bridgehead atoms. The van der Waals surface area contributed by atoms with Gasteiger partial charge in [0.05, 0.1) is 20.7 Å². The molecule has 3 rings (SSSR count). The molecule has 6 heteroatoms. The molecule has 1 aromatic heterocycles. The van der Waals surface area contributed by atoms with E-state index >= 15 is 0 Å². The normalized spacial score (nSPS) is 13.0. The van der Waals surface area contributed by atoms with Gasteiger partial charge in [-0.1, -0.05) is 66.2 Å². The zero-order chi connectivity index (χ0) is 19.4. The first kappa shape index (κ1) is 19.9. The van der Waals surface area contributed by atoms with Gasteiger partial charge in [-0.3, -0.25) is 4.21 Å². The first-order valence-electron chi connectivity index (χ1n) is 8.46. The first-order valence-corrected chi connectivity index (χ1v) is 11.6. The van der Waals surface area contributed by atoms with E-state index in [-0.39, 0.29) is 0 Å². The number of thioether (sulfide) groups is 1. The molecule has 0 spiro atoms. The topological polar surface area (TPSA) is 34.9 Å². The van der Waals surface area contributed by atoms with Gasteiger partial charge in [-0.2, -0.15) is 0 Å². The molecule has 0 N–H and O–H groups in total. The van der Waals surface area contributed by atoms with Crippen molar-refractivity contribution in [1.29, 1.82) is 0 Å². The Morgan fingerprint density at radius 2 is 1.85 bits per heavy atom. The lowest BCUT2D eigenvalue weighted by Gasteiger charge is -2.13. The molecular weight excluding hydrogens is 396 g/mol. The predicted octanol–water partition coefficient (Wildman–Crippen LogP) is 5.60. The molecule has 0 fully saturated rings. The Morgan fingerprint density at radius 3 is 2.48 bits per heavy atom. The Bertz CT molecular complexity index is 997. The van der Waals surface area contributed by atoms with Crippen molar-refractivity contribution in [1.82, 2.24) is 9.55 Å². The molecule has 0 saturated carbocycles. The van der Waals surface area contributed by atoms with Gasteiger partial charge in [-0.15, -0.1) is 11.8 Å². The zero-order valence-corrected chi connectivity index (χ0v) is 17.9. The monoisotopic (exact) mass is 416 g/mol. The minimum atomic E-state index is -1.08. The van der Waals surface area contributed by atoms with Gasteiger partial charge in [0.25, 0.3) is 0 Å². The smallest absolute Gasteiger partial charge is 0.155 e. The summed E-state index contributed by atoms with van der Waals surface area (Å²) < 4.78 is 14.9. The van der Waals surface area contributed by atoms with Crippen LogP contribution >= 0.6 is 23.4 Å². The maximum absolute atomic E-state index is 12.0. The van der Waals surface area contributed by atoms with Crippen LogP contribution in [0.25, 0.3) is 17.5 Å². The quantitative estimate of drug-likeness (QED) is 0.524. The highest BCUT2D eigenvalue weighted by Gasteiger charge is 2.18. The Balaban J connectivity index is 2.20. The number of benzene rings is 2. The molecule has 0 radical (unpaired) electrons. The number of aromatic nitrogens is 2. The van der Waals surface area contributed by atoms with Gasteiger partial charge in [0, 0.05) is 18.4 Å². The molecule has 3 nitrogen and oxygen atoms in total. The Hall–Kier alpha value is -1.82. The van der Waals surface area contributed by atoms with Crippen molar-refractivity contribution in [3.05, 3.63) is 80.8 Å². The van der Waals surface area contributed by atoms with Crippen LogP contribution in [0.2, 0.25) is 5.15 Å². The lowest BCUT2D eigenvalue weighted by atomic mass is 10.1.